The fourth-order valence-corrected chi connectivity index (χ4v) is 1.35. The Labute approximate surface area is 88.9 Å². The van der Waals surface area contributed by atoms with Crippen LogP contribution in [0.2, 0.25) is 0 Å². The maximum atomic E-state index is 11.4. The van der Waals surface area contributed by atoms with Gasteiger partial charge in [0.15, 0.2) is 0 Å². The van der Waals surface area contributed by atoms with Gasteiger partial charge in [-0.15, -0.1) is 0 Å². The van der Waals surface area contributed by atoms with Crippen LogP contribution in [-0.4, -0.2) is 17.5 Å². The van der Waals surface area contributed by atoms with E-state index in [0.717, 1.165) is 0 Å². The third-order valence-electron chi connectivity index (χ3n) is 2.03. The molecule has 1 rings (SSSR count). The molecular weight excluding hydrogens is 192 g/mol. The molecule has 15 heavy (non-hydrogen) atoms. The largest absolute Gasteiger partial charge is 0.355 e. The molecule has 1 aromatic rings. The second-order valence-electron chi connectivity index (χ2n) is 3.88. The molecule has 1 amide bonds. The predicted octanol–water partition coefficient (Wildman–Crippen LogP) is 0.864. The van der Waals surface area contributed by atoms with Crippen LogP contribution in [0.5, 0.6) is 0 Å². The number of amides is 1. The van der Waals surface area contributed by atoms with Crippen molar-refractivity contribution in [2.45, 2.75) is 20.4 Å². The van der Waals surface area contributed by atoms with Gasteiger partial charge in [0.1, 0.15) is 0 Å². The van der Waals surface area contributed by atoms with Crippen molar-refractivity contribution in [3.05, 3.63) is 34.2 Å². The molecule has 0 spiro atoms. The second kappa shape index (κ2) is 4.77. The van der Waals surface area contributed by atoms with E-state index < -0.39 is 0 Å². The van der Waals surface area contributed by atoms with E-state index in [0.29, 0.717) is 18.0 Å². The van der Waals surface area contributed by atoms with Gasteiger partial charge in [0, 0.05) is 25.9 Å². The van der Waals surface area contributed by atoms with Crippen molar-refractivity contribution in [3.63, 3.8) is 0 Å². The zero-order valence-corrected chi connectivity index (χ0v) is 9.28. The summed E-state index contributed by atoms with van der Waals surface area (Å²) in [6, 6.07) is 2.96. The molecule has 0 aromatic carbocycles. The van der Waals surface area contributed by atoms with Crippen LogP contribution in [0.4, 0.5) is 0 Å². The lowest BCUT2D eigenvalue weighted by atomic mass is 10.2. The molecular formula is C11H16N2O2. The van der Waals surface area contributed by atoms with Crippen LogP contribution in [0.25, 0.3) is 0 Å². The molecule has 0 radical (unpaired) electrons. The molecule has 1 N–H and O–H groups in total. The first-order valence-corrected chi connectivity index (χ1v) is 4.97. The molecule has 0 atom stereocenters. The number of carbonyl (C=O) groups excluding carboxylic acids is 1. The van der Waals surface area contributed by atoms with E-state index in [-0.39, 0.29) is 11.5 Å². The summed E-state index contributed by atoms with van der Waals surface area (Å²) >= 11 is 0. The van der Waals surface area contributed by atoms with E-state index in [1.165, 1.54) is 12.1 Å². The highest BCUT2D eigenvalue weighted by Gasteiger charge is 2.06. The Kier molecular flexibility index (Phi) is 3.66. The van der Waals surface area contributed by atoms with Gasteiger partial charge in [0.2, 0.25) is 0 Å². The topological polar surface area (TPSA) is 51.1 Å². The van der Waals surface area contributed by atoms with E-state index in [2.05, 4.69) is 5.32 Å². The van der Waals surface area contributed by atoms with Gasteiger partial charge in [-0.05, 0) is 12.0 Å². The number of pyridine rings is 1. The lowest BCUT2D eigenvalue weighted by Gasteiger charge is -2.09. The normalized spacial score (nSPS) is 10.4. The molecule has 0 aliphatic rings. The van der Waals surface area contributed by atoms with Crippen LogP contribution in [0.15, 0.2) is 23.1 Å². The minimum absolute atomic E-state index is 0.0728. The monoisotopic (exact) mass is 208 g/mol. The Hall–Kier alpha value is -1.58. The van der Waals surface area contributed by atoms with Crippen molar-refractivity contribution in [1.29, 1.82) is 0 Å². The maximum absolute atomic E-state index is 11.4. The number of aromatic nitrogens is 1. The zero-order chi connectivity index (χ0) is 11.4. The molecule has 0 aliphatic heterocycles. The molecule has 82 valence electrons. The molecule has 0 saturated heterocycles. The van der Waals surface area contributed by atoms with Gasteiger partial charge in [0.25, 0.3) is 11.5 Å². The average Bonchev–Trinajstić information content (AvgIpc) is 2.19. The molecule has 0 aliphatic carbocycles. The minimum atomic E-state index is -0.174. The van der Waals surface area contributed by atoms with Crippen LogP contribution < -0.4 is 10.9 Å². The third-order valence-corrected chi connectivity index (χ3v) is 2.03. The van der Waals surface area contributed by atoms with Crippen molar-refractivity contribution in [1.82, 2.24) is 9.88 Å². The number of carbonyl (C=O) groups is 1. The van der Waals surface area contributed by atoms with Crippen molar-refractivity contribution >= 4 is 5.91 Å². The third kappa shape index (κ3) is 2.94. The number of rotatable bonds is 3. The smallest absolute Gasteiger partial charge is 0.252 e. The highest BCUT2D eigenvalue weighted by Crippen LogP contribution is 1.99. The molecule has 4 nitrogen and oxygen atoms in total. The minimum Gasteiger partial charge on any atom is -0.355 e. The lowest BCUT2D eigenvalue weighted by Crippen LogP contribution is -2.25. The van der Waals surface area contributed by atoms with E-state index in [9.17, 15) is 9.59 Å². The second-order valence-corrected chi connectivity index (χ2v) is 3.88. The fraction of sp³-hybridized carbons (Fsp3) is 0.455. The molecule has 0 bridgehead atoms. The summed E-state index contributed by atoms with van der Waals surface area (Å²) in [7, 11) is 1.57. The number of hydrogen-bond donors (Lipinski definition) is 1. The van der Waals surface area contributed by atoms with Gasteiger partial charge in [-0.2, -0.15) is 0 Å². The SMILES string of the molecule is CNC(=O)c1ccc(=O)n(CC(C)C)c1. The van der Waals surface area contributed by atoms with E-state index in [4.69, 9.17) is 0 Å². The quantitative estimate of drug-likeness (QED) is 0.801. The number of nitrogens with one attached hydrogen (secondary N) is 1. The van der Waals surface area contributed by atoms with Gasteiger partial charge in [0.05, 0.1) is 5.56 Å². The molecule has 0 fully saturated rings. The Balaban J connectivity index is 3.05. The van der Waals surface area contributed by atoms with Gasteiger partial charge in [-0.1, -0.05) is 13.8 Å². The Morgan fingerprint density at radius 1 is 1.47 bits per heavy atom. The van der Waals surface area contributed by atoms with Gasteiger partial charge in [-0.3, -0.25) is 9.59 Å². The summed E-state index contributed by atoms with van der Waals surface area (Å²) in [5, 5.41) is 2.53. The first-order valence-electron chi connectivity index (χ1n) is 4.97. The van der Waals surface area contributed by atoms with Gasteiger partial charge >= 0.3 is 0 Å². The van der Waals surface area contributed by atoms with E-state index in [1.807, 2.05) is 13.8 Å². The Morgan fingerprint density at radius 3 is 2.67 bits per heavy atom. The van der Waals surface area contributed by atoms with E-state index in [1.54, 1.807) is 17.8 Å². The summed E-state index contributed by atoms with van der Waals surface area (Å²) in [5.41, 5.74) is 0.439. The predicted molar refractivity (Wildman–Crippen MR) is 58.9 cm³/mol. The summed E-state index contributed by atoms with van der Waals surface area (Å²) in [4.78, 5) is 22.8. The van der Waals surface area contributed by atoms with Crippen molar-refractivity contribution in [2.24, 2.45) is 5.92 Å². The maximum Gasteiger partial charge on any atom is 0.252 e. The average molecular weight is 208 g/mol. The van der Waals surface area contributed by atoms with Crippen LogP contribution in [0.1, 0.15) is 24.2 Å². The first-order chi connectivity index (χ1) is 7.04. The number of hydrogen-bond acceptors (Lipinski definition) is 2. The Morgan fingerprint density at radius 2 is 2.13 bits per heavy atom. The molecule has 1 aromatic heterocycles. The number of nitrogens with zero attached hydrogens (tertiary/aromatic N) is 1. The highest BCUT2D eigenvalue weighted by atomic mass is 16.1. The molecule has 4 heteroatoms. The zero-order valence-electron chi connectivity index (χ0n) is 9.28. The van der Waals surface area contributed by atoms with Crippen LogP contribution in [0.3, 0.4) is 0 Å². The highest BCUT2D eigenvalue weighted by molar-refractivity contribution is 5.93. The molecule has 0 unspecified atom stereocenters. The standard InChI is InChI=1S/C11H16N2O2/c1-8(2)6-13-7-9(11(15)12-3)4-5-10(13)14/h4-5,7-8H,6H2,1-3H3,(H,12,15). The summed E-state index contributed by atoms with van der Waals surface area (Å²) in [6.45, 7) is 4.68. The van der Waals surface area contributed by atoms with Crippen LogP contribution in [-0.2, 0) is 6.54 Å². The molecule has 0 saturated carbocycles. The summed E-state index contributed by atoms with van der Waals surface area (Å²) in [5.74, 6) is 0.204. The Bertz CT molecular complexity index is 407. The van der Waals surface area contributed by atoms with Crippen LogP contribution >= 0.6 is 0 Å². The van der Waals surface area contributed by atoms with Gasteiger partial charge in [-0.25, -0.2) is 0 Å². The van der Waals surface area contributed by atoms with E-state index >= 15 is 0 Å². The molecule has 1 heterocycles. The summed E-state index contributed by atoms with van der Waals surface area (Å²) < 4.78 is 1.56. The lowest BCUT2D eigenvalue weighted by molar-refractivity contribution is 0.0962. The fourth-order valence-electron chi connectivity index (χ4n) is 1.35. The van der Waals surface area contributed by atoms with Crippen LogP contribution in [0, 0.1) is 5.92 Å². The van der Waals surface area contributed by atoms with Crippen molar-refractivity contribution in [2.75, 3.05) is 7.05 Å². The van der Waals surface area contributed by atoms with Gasteiger partial charge < -0.3 is 9.88 Å². The summed E-state index contributed by atoms with van der Waals surface area (Å²) in [6.07, 6.45) is 1.60. The van der Waals surface area contributed by atoms with Crippen molar-refractivity contribution < 1.29 is 4.79 Å². The van der Waals surface area contributed by atoms with Crippen molar-refractivity contribution in [3.8, 4) is 0 Å². The first kappa shape index (κ1) is 11.5.